The fourth-order valence-electron chi connectivity index (χ4n) is 3.49. The van der Waals surface area contributed by atoms with Crippen molar-refractivity contribution in [3.63, 3.8) is 0 Å². The summed E-state index contributed by atoms with van der Waals surface area (Å²) in [5.74, 6) is 1.01. The van der Waals surface area contributed by atoms with Gasteiger partial charge in [0.05, 0.1) is 5.69 Å². The first-order valence-electron chi connectivity index (χ1n) is 8.88. The number of aromatic nitrogens is 1. The number of aryl methyl sites for hydroxylation is 2. The van der Waals surface area contributed by atoms with Crippen molar-refractivity contribution >= 4 is 10.8 Å². The lowest BCUT2D eigenvalue weighted by molar-refractivity contribution is 0.841. The summed E-state index contributed by atoms with van der Waals surface area (Å²) in [7, 11) is 0. The van der Waals surface area contributed by atoms with Crippen LogP contribution in [0.2, 0.25) is 0 Å². The van der Waals surface area contributed by atoms with Gasteiger partial charge in [0.2, 0.25) is 0 Å². The van der Waals surface area contributed by atoms with Gasteiger partial charge in [-0.3, -0.25) is 4.98 Å². The molecule has 0 unspecified atom stereocenters. The zero-order valence-corrected chi connectivity index (χ0v) is 15.6. The fourth-order valence-corrected chi connectivity index (χ4v) is 3.49. The fraction of sp³-hybridized carbons (Fsp3) is 0.348. The molecule has 0 atom stereocenters. The molecule has 3 rings (SSSR count). The lowest BCUT2D eigenvalue weighted by atomic mass is 9.89. The highest BCUT2D eigenvalue weighted by molar-refractivity contribution is 5.97. The zero-order valence-electron chi connectivity index (χ0n) is 15.6. The van der Waals surface area contributed by atoms with E-state index in [0.717, 1.165) is 5.69 Å². The molecule has 0 N–H and O–H groups in total. The molecule has 0 radical (unpaired) electrons. The van der Waals surface area contributed by atoms with Crippen LogP contribution in [0.15, 0.2) is 42.6 Å². The van der Waals surface area contributed by atoms with Gasteiger partial charge in [0.25, 0.3) is 0 Å². The molecule has 0 aliphatic heterocycles. The monoisotopic (exact) mass is 317 g/mol. The maximum absolute atomic E-state index is 4.76. The van der Waals surface area contributed by atoms with Crippen LogP contribution in [0.1, 0.15) is 61.8 Å². The van der Waals surface area contributed by atoms with Gasteiger partial charge in [0.15, 0.2) is 0 Å². The SMILES string of the molecule is Cc1cc(C)cc(-c2nccc3c(C(C)C)cc(C(C)C)cc23)c1. The number of nitrogens with zero attached hydrogens (tertiary/aromatic N) is 1. The second-order valence-electron chi connectivity index (χ2n) is 7.55. The van der Waals surface area contributed by atoms with E-state index in [-0.39, 0.29) is 0 Å². The molecular formula is C23H27N. The molecule has 2 aromatic carbocycles. The van der Waals surface area contributed by atoms with Crippen molar-refractivity contribution in [1.29, 1.82) is 0 Å². The van der Waals surface area contributed by atoms with Gasteiger partial charge in [-0.25, -0.2) is 0 Å². The first-order chi connectivity index (χ1) is 11.4. The van der Waals surface area contributed by atoms with E-state index in [4.69, 9.17) is 4.98 Å². The van der Waals surface area contributed by atoms with Crippen LogP contribution in [0.4, 0.5) is 0 Å². The van der Waals surface area contributed by atoms with Crippen LogP contribution >= 0.6 is 0 Å². The third kappa shape index (κ3) is 3.08. The van der Waals surface area contributed by atoms with Crippen LogP contribution in [0.25, 0.3) is 22.0 Å². The average molecular weight is 317 g/mol. The molecule has 1 nitrogen and oxygen atoms in total. The van der Waals surface area contributed by atoms with E-state index in [1.807, 2.05) is 6.20 Å². The number of benzene rings is 2. The minimum atomic E-state index is 0.501. The lowest BCUT2D eigenvalue weighted by Gasteiger charge is -2.17. The predicted molar refractivity (Wildman–Crippen MR) is 105 cm³/mol. The minimum Gasteiger partial charge on any atom is -0.256 e. The predicted octanol–water partition coefficient (Wildman–Crippen LogP) is 6.77. The standard InChI is InChI=1S/C23H27N/c1-14(2)18-12-21(15(3)4)20-7-8-24-23(22(20)13-18)19-10-16(5)9-17(6)11-19/h7-15H,1-6H3. The zero-order chi connectivity index (χ0) is 17.4. The highest BCUT2D eigenvalue weighted by Crippen LogP contribution is 2.35. The van der Waals surface area contributed by atoms with Gasteiger partial charge in [-0.2, -0.15) is 0 Å². The Balaban J connectivity index is 2.37. The summed E-state index contributed by atoms with van der Waals surface area (Å²) < 4.78 is 0. The largest absolute Gasteiger partial charge is 0.256 e. The van der Waals surface area contributed by atoms with Crippen molar-refractivity contribution in [2.45, 2.75) is 53.4 Å². The molecule has 0 aliphatic rings. The highest BCUT2D eigenvalue weighted by Gasteiger charge is 2.14. The molecule has 0 bridgehead atoms. The van der Waals surface area contributed by atoms with Crippen LogP contribution in [0.5, 0.6) is 0 Å². The number of fused-ring (bicyclic) bond motifs is 1. The van der Waals surface area contributed by atoms with Gasteiger partial charge in [-0.05, 0) is 66.5 Å². The topological polar surface area (TPSA) is 12.9 Å². The van der Waals surface area contributed by atoms with E-state index in [0.29, 0.717) is 11.8 Å². The molecule has 3 aromatic rings. The van der Waals surface area contributed by atoms with Crippen LogP contribution in [-0.2, 0) is 0 Å². The van der Waals surface area contributed by atoms with Gasteiger partial charge in [-0.1, -0.05) is 51.0 Å². The summed E-state index contributed by atoms with van der Waals surface area (Å²) in [6.07, 6.45) is 1.95. The lowest BCUT2D eigenvalue weighted by Crippen LogP contribution is -1.97. The molecule has 0 aliphatic carbocycles. The van der Waals surface area contributed by atoms with E-state index in [1.165, 1.54) is 38.6 Å². The van der Waals surface area contributed by atoms with E-state index in [2.05, 4.69) is 77.9 Å². The smallest absolute Gasteiger partial charge is 0.0780 e. The van der Waals surface area contributed by atoms with Crippen molar-refractivity contribution in [3.05, 3.63) is 64.8 Å². The Bertz CT molecular complexity index is 868. The Morgan fingerprint density at radius 3 is 2.00 bits per heavy atom. The molecule has 1 aromatic heterocycles. The van der Waals surface area contributed by atoms with E-state index < -0.39 is 0 Å². The Morgan fingerprint density at radius 1 is 0.750 bits per heavy atom. The molecule has 0 fully saturated rings. The number of rotatable bonds is 3. The third-order valence-corrected chi connectivity index (χ3v) is 4.72. The molecule has 1 heterocycles. The first-order valence-corrected chi connectivity index (χ1v) is 8.88. The van der Waals surface area contributed by atoms with Gasteiger partial charge in [0.1, 0.15) is 0 Å². The second kappa shape index (κ2) is 6.39. The third-order valence-electron chi connectivity index (χ3n) is 4.72. The Kier molecular flexibility index (Phi) is 4.45. The average Bonchev–Trinajstić information content (AvgIpc) is 2.51. The second-order valence-corrected chi connectivity index (χ2v) is 7.55. The normalized spacial score (nSPS) is 11.7. The molecule has 1 heteroatoms. The molecule has 0 spiro atoms. The quantitative estimate of drug-likeness (QED) is 0.519. The number of hydrogen-bond donors (Lipinski definition) is 0. The van der Waals surface area contributed by atoms with Crippen LogP contribution in [-0.4, -0.2) is 4.98 Å². The van der Waals surface area contributed by atoms with Crippen molar-refractivity contribution < 1.29 is 0 Å². The number of pyridine rings is 1. The van der Waals surface area contributed by atoms with E-state index >= 15 is 0 Å². The summed E-state index contributed by atoms with van der Waals surface area (Å²) in [6, 6.07) is 13.6. The summed E-state index contributed by atoms with van der Waals surface area (Å²) in [5, 5.41) is 2.61. The molecule has 124 valence electrons. The van der Waals surface area contributed by atoms with Crippen molar-refractivity contribution in [2.24, 2.45) is 0 Å². The van der Waals surface area contributed by atoms with Crippen LogP contribution in [0.3, 0.4) is 0 Å². The Hall–Kier alpha value is -2.15. The molecular weight excluding hydrogens is 290 g/mol. The number of hydrogen-bond acceptors (Lipinski definition) is 1. The van der Waals surface area contributed by atoms with Crippen LogP contribution < -0.4 is 0 Å². The molecule has 0 amide bonds. The van der Waals surface area contributed by atoms with Crippen molar-refractivity contribution in [1.82, 2.24) is 4.98 Å². The van der Waals surface area contributed by atoms with Crippen LogP contribution in [0, 0.1) is 13.8 Å². The van der Waals surface area contributed by atoms with Gasteiger partial charge >= 0.3 is 0 Å². The summed E-state index contributed by atoms with van der Waals surface area (Å²) in [4.78, 5) is 4.76. The van der Waals surface area contributed by atoms with Crippen molar-refractivity contribution in [2.75, 3.05) is 0 Å². The summed E-state index contributed by atoms with van der Waals surface area (Å²) >= 11 is 0. The Labute approximate surface area is 145 Å². The van der Waals surface area contributed by atoms with E-state index in [1.54, 1.807) is 0 Å². The first kappa shape index (κ1) is 16.7. The van der Waals surface area contributed by atoms with Gasteiger partial charge < -0.3 is 0 Å². The maximum Gasteiger partial charge on any atom is 0.0780 e. The maximum atomic E-state index is 4.76. The molecule has 0 saturated heterocycles. The summed E-state index contributed by atoms with van der Waals surface area (Å²) in [5.41, 5.74) is 7.70. The van der Waals surface area contributed by atoms with Gasteiger partial charge in [-0.15, -0.1) is 0 Å². The van der Waals surface area contributed by atoms with Crippen molar-refractivity contribution in [3.8, 4) is 11.3 Å². The minimum absolute atomic E-state index is 0.501. The molecule has 24 heavy (non-hydrogen) atoms. The highest BCUT2D eigenvalue weighted by atomic mass is 14.7. The van der Waals surface area contributed by atoms with Gasteiger partial charge in [0, 0.05) is 17.1 Å². The van der Waals surface area contributed by atoms with E-state index in [9.17, 15) is 0 Å². The molecule has 0 saturated carbocycles. The Morgan fingerprint density at radius 2 is 1.42 bits per heavy atom. The summed E-state index contributed by atoms with van der Waals surface area (Å²) in [6.45, 7) is 13.4.